The number of halogens is 2. The Morgan fingerprint density at radius 3 is 2.20 bits per heavy atom. The second-order valence-electron chi connectivity index (χ2n) is 4.91. The first-order valence-electron chi connectivity index (χ1n) is 6.91. The maximum absolute atomic E-state index is 12.1. The minimum absolute atomic E-state index is 0. The Kier molecular flexibility index (Phi) is 7.84. The van der Waals surface area contributed by atoms with Crippen molar-refractivity contribution in [2.24, 2.45) is 0 Å². The summed E-state index contributed by atoms with van der Waals surface area (Å²) in [7, 11) is 0. The molecule has 0 bridgehead atoms. The molecule has 5 nitrogen and oxygen atoms in total. The van der Waals surface area contributed by atoms with Crippen LogP contribution in [-0.2, 0) is 6.54 Å². The number of nitrogens with zero attached hydrogens (tertiary/aromatic N) is 2. The van der Waals surface area contributed by atoms with Crippen LogP contribution in [-0.4, -0.2) is 66.2 Å². The molecule has 3 rings (SSSR count). The third-order valence-electron chi connectivity index (χ3n) is 3.17. The molecule has 1 amide bonds. The third-order valence-corrected chi connectivity index (χ3v) is 4.55. The second kappa shape index (κ2) is 9.43. The van der Waals surface area contributed by atoms with Crippen molar-refractivity contribution in [2.75, 3.05) is 5.32 Å². The zero-order chi connectivity index (χ0) is 17.1. The van der Waals surface area contributed by atoms with Crippen LogP contribution < -0.4 is 11.0 Å². The number of hydrogen-bond donors (Lipinski definition) is 1. The van der Waals surface area contributed by atoms with Crippen molar-refractivity contribution in [1.29, 1.82) is 0 Å². The molecule has 0 saturated carbocycles. The summed E-state index contributed by atoms with van der Waals surface area (Å²) in [4.78, 5) is 27.9. The molecule has 9 heteroatoms. The number of rotatable bonds is 4. The van der Waals surface area contributed by atoms with Gasteiger partial charge >= 0.3 is 57.1 Å². The van der Waals surface area contributed by atoms with Crippen LogP contribution in [0.3, 0.4) is 0 Å². The summed E-state index contributed by atoms with van der Waals surface area (Å²) in [5.74, 6) is -0.348. The van der Waals surface area contributed by atoms with E-state index in [1.807, 2.05) is 12.1 Å². The van der Waals surface area contributed by atoms with Gasteiger partial charge in [0.1, 0.15) is 0 Å². The van der Waals surface area contributed by atoms with Crippen LogP contribution >= 0.6 is 34.7 Å². The van der Waals surface area contributed by atoms with Gasteiger partial charge in [-0.25, -0.2) is 8.75 Å². The fourth-order valence-corrected chi connectivity index (χ4v) is 3.03. The summed E-state index contributed by atoms with van der Waals surface area (Å²) >= 11 is 12.7. The monoisotopic (exact) mass is 419 g/mol. The molecule has 0 spiro atoms. The first-order chi connectivity index (χ1) is 11.5. The van der Waals surface area contributed by atoms with E-state index in [-0.39, 0.29) is 62.4 Å². The van der Waals surface area contributed by atoms with Crippen molar-refractivity contribution in [1.82, 2.24) is 8.94 Å². The Bertz CT molecular complexity index is 924. The number of carbonyl (C=O) groups is 1. The van der Waals surface area contributed by atoms with Crippen LogP contribution in [0.1, 0.15) is 15.9 Å². The summed E-state index contributed by atoms with van der Waals surface area (Å²) in [6.07, 6.45) is 0. The molecule has 0 aliphatic heterocycles. The van der Waals surface area contributed by atoms with E-state index in [1.54, 1.807) is 36.4 Å². The van der Waals surface area contributed by atoms with Gasteiger partial charge in [-0.1, -0.05) is 35.3 Å². The van der Waals surface area contributed by atoms with Gasteiger partial charge in [0.2, 0.25) is 5.13 Å². The van der Waals surface area contributed by atoms with E-state index in [9.17, 15) is 9.59 Å². The van der Waals surface area contributed by atoms with E-state index in [4.69, 9.17) is 23.2 Å². The molecule has 1 heterocycles. The zero-order valence-corrected chi connectivity index (χ0v) is 14.5. The number of benzene rings is 2. The van der Waals surface area contributed by atoms with Crippen LogP contribution in [0.25, 0.3) is 0 Å². The van der Waals surface area contributed by atoms with Crippen LogP contribution in [0, 0.1) is 0 Å². The molecule has 0 saturated heterocycles. The predicted molar refractivity (Wildman–Crippen MR) is 103 cm³/mol. The van der Waals surface area contributed by atoms with E-state index in [0.717, 1.165) is 17.1 Å². The first kappa shape index (κ1) is 20.8. The third kappa shape index (κ3) is 5.73. The number of hydrogen-bond acceptors (Lipinski definition) is 4. The molecule has 0 aliphatic carbocycles. The van der Waals surface area contributed by atoms with Gasteiger partial charge in [-0.3, -0.25) is 10.1 Å². The van der Waals surface area contributed by atoms with E-state index in [2.05, 4.69) is 10.3 Å². The number of anilines is 1. The maximum atomic E-state index is 12.1. The Hall–Kier alpha value is -0.514. The fourth-order valence-electron chi connectivity index (χ4n) is 1.98. The van der Waals surface area contributed by atoms with E-state index >= 15 is 0 Å². The summed E-state index contributed by atoms with van der Waals surface area (Å²) in [6.45, 7) is 0.366. The van der Waals surface area contributed by atoms with E-state index in [1.165, 1.54) is 3.96 Å². The predicted octanol–water partition coefficient (Wildman–Crippen LogP) is 3.26. The van der Waals surface area contributed by atoms with E-state index in [0.29, 0.717) is 22.2 Å². The van der Waals surface area contributed by atoms with Crippen LogP contribution in [0.4, 0.5) is 5.13 Å². The molecular weight excluding hydrogens is 408 g/mol. The average Bonchev–Trinajstić information content (AvgIpc) is 2.89. The SMILES string of the molecule is O=C(Nc1nc(=O)n(Cc2ccc(Cl)cc2)s1)c1ccc(Cl)cc1.[KH]. The number of aromatic nitrogens is 2. The molecule has 0 atom stereocenters. The minimum atomic E-state index is -0.415. The molecule has 25 heavy (non-hydrogen) atoms. The van der Waals surface area contributed by atoms with Gasteiger partial charge in [0.05, 0.1) is 6.54 Å². The molecule has 124 valence electrons. The van der Waals surface area contributed by atoms with Crippen molar-refractivity contribution in [3.8, 4) is 0 Å². The van der Waals surface area contributed by atoms with Gasteiger partial charge in [0.25, 0.3) is 5.91 Å². The summed E-state index contributed by atoms with van der Waals surface area (Å²) in [5, 5.41) is 4.04. The average molecular weight is 420 g/mol. The Morgan fingerprint density at radius 1 is 1.04 bits per heavy atom. The standard InChI is InChI=1S/C16H11Cl2N3O2S.K.H/c17-12-5-1-10(2-6-12)9-21-16(23)20-15(24-21)19-14(22)11-3-7-13(18)8-4-11;;/h1-8H,9H2,(H,19,20,22,23);;. The zero-order valence-electron chi connectivity index (χ0n) is 12.2. The molecule has 1 aromatic heterocycles. The van der Waals surface area contributed by atoms with Crippen molar-refractivity contribution in [3.05, 3.63) is 80.2 Å². The van der Waals surface area contributed by atoms with Crippen molar-refractivity contribution in [3.63, 3.8) is 0 Å². The Morgan fingerprint density at radius 2 is 1.60 bits per heavy atom. The summed E-state index contributed by atoms with van der Waals surface area (Å²) in [6, 6.07) is 13.6. The first-order valence-corrected chi connectivity index (χ1v) is 8.44. The van der Waals surface area contributed by atoms with Crippen LogP contribution in [0.5, 0.6) is 0 Å². The molecule has 1 N–H and O–H groups in total. The van der Waals surface area contributed by atoms with Gasteiger partial charge in [-0.15, -0.1) is 0 Å². The van der Waals surface area contributed by atoms with Crippen LogP contribution in [0.2, 0.25) is 10.0 Å². The summed E-state index contributed by atoms with van der Waals surface area (Å²) in [5.41, 5.74) is 0.938. The fraction of sp³-hybridized carbons (Fsp3) is 0.0625. The molecular formula is C16H12Cl2KN3O2S. The Labute approximate surface area is 200 Å². The number of amides is 1. The van der Waals surface area contributed by atoms with E-state index < -0.39 is 5.69 Å². The van der Waals surface area contributed by atoms with Crippen LogP contribution in [0.15, 0.2) is 53.3 Å². The number of nitrogens with one attached hydrogen (secondary N) is 1. The molecule has 2 aromatic carbocycles. The number of carbonyl (C=O) groups excluding carboxylic acids is 1. The molecule has 0 unspecified atom stereocenters. The van der Waals surface area contributed by atoms with Crippen molar-refractivity contribution in [2.45, 2.75) is 6.54 Å². The molecule has 0 radical (unpaired) electrons. The Balaban J connectivity index is 0.00000225. The second-order valence-corrected chi connectivity index (χ2v) is 6.80. The molecule has 0 fully saturated rings. The van der Waals surface area contributed by atoms with Gasteiger partial charge in [0.15, 0.2) is 0 Å². The quantitative estimate of drug-likeness (QED) is 0.659. The van der Waals surface area contributed by atoms with Gasteiger partial charge in [0, 0.05) is 15.6 Å². The molecule has 3 aromatic rings. The van der Waals surface area contributed by atoms with Gasteiger partial charge in [-0.2, -0.15) is 4.98 Å². The normalized spacial score (nSPS) is 10.2. The topological polar surface area (TPSA) is 64.0 Å². The van der Waals surface area contributed by atoms with Gasteiger partial charge < -0.3 is 0 Å². The summed E-state index contributed by atoms with van der Waals surface area (Å²) < 4.78 is 1.46. The van der Waals surface area contributed by atoms with Crippen molar-refractivity contribution < 1.29 is 4.79 Å². The molecule has 0 aliphatic rings. The van der Waals surface area contributed by atoms with Crippen molar-refractivity contribution >= 4 is 97.2 Å². The van der Waals surface area contributed by atoms with Gasteiger partial charge in [-0.05, 0) is 53.5 Å².